The van der Waals surface area contributed by atoms with Gasteiger partial charge in [0.15, 0.2) is 0 Å². The van der Waals surface area contributed by atoms with Crippen molar-refractivity contribution in [2.24, 2.45) is 0 Å². The molecule has 15 aliphatic rings. The van der Waals surface area contributed by atoms with E-state index < -0.39 is 86.3 Å². The summed E-state index contributed by atoms with van der Waals surface area (Å²) in [7, 11) is -7.50. The molecule has 0 aromatic heterocycles. The molecule has 9 heterocycles. The van der Waals surface area contributed by atoms with Crippen LogP contribution >= 0.6 is 21.9 Å². The van der Waals surface area contributed by atoms with Crippen LogP contribution in [0.4, 0.5) is 0 Å². The Morgan fingerprint density at radius 2 is 0.353 bits per heavy atom. The van der Waals surface area contributed by atoms with E-state index >= 15 is 0 Å². The molecule has 6 aliphatic carbocycles. The third kappa shape index (κ3) is 5.99. The second kappa shape index (κ2) is 14.8. The first kappa shape index (κ1) is 38.6. The molecule has 0 N–H and O–H groups in total. The maximum absolute atomic E-state index is 6.35. The molecule has 294 valence electrons. The van der Waals surface area contributed by atoms with Crippen LogP contribution in [0.25, 0.3) is 0 Å². The van der Waals surface area contributed by atoms with Crippen molar-refractivity contribution in [1.82, 2.24) is 0 Å². The Labute approximate surface area is 334 Å². The molecule has 0 radical (unpaired) electrons. The molecule has 15 fully saturated rings. The Hall–Kier alpha value is 3.38. The van der Waals surface area contributed by atoms with Gasteiger partial charge in [-0.25, -0.2) is 0 Å². The molecule has 6 bridgehead atoms. The summed E-state index contributed by atoms with van der Waals surface area (Å²) in [5.41, 5.74) is 3.96. The van der Waals surface area contributed by atoms with Gasteiger partial charge in [0.25, 0.3) is 0 Å². The summed E-state index contributed by atoms with van der Waals surface area (Å²) in [5, 5.41) is 0. The Morgan fingerprint density at radius 1 is 0.216 bits per heavy atom. The van der Waals surface area contributed by atoms with Gasteiger partial charge in [-0.15, -0.1) is 0 Å². The van der Waals surface area contributed by atoms with Crippen molar-refractivity contribution in [2.75, 3.05) is 0 Å². The van der Waals surface area contributed by atoms with E-state index in [1.807, 2.05) is 0 Å². The Morgan fingerprint density at radius 3 is 0.451 bits per heavy atom. The topological polar surface area (TPSA) is 83.1 Å². The molecular weight excluding hydrogens is 1030 g/mol. The van der Waals surface area contributed by atoms with E-state index in [1.54, 1.807) is 0 Å². The van der Waals surface area contributed by atoms with Gasteiger partial charge >= 0.3 is 338 Å². The van der Waals surface area contributed by atoms with Gasteiger partial charge in [0, 0.05) is 0 Å². The molecule has 0 amide bonds. The fourth-order valence-electron chi connectivity index (χ4n) is 12.6. The van der Waals surface area contributed by atoms with Gasteiger partial charge in [0.2, 0.25) is 0 Å². The van der Waals surface area contributed by atoms with Crippen LogP contribution in [0.3, 0.4) is 0 Å². The summed E-state index contributed by atoms with van der Waals surface area (Å²) in [5.74, 6) is 0. The van der Waals surface area contributed by atoms with Crippen LogP contribution in [0.2, 0.25) is 0 Å². The standard InChI is InChI=1S/3C12H22O3P.3Sb/c3*13-16(14,15,11-7-3-1-4-8-11)12-9-5-2-6-10-12;;;/h3*11-12H,1-10H2;;;/q3*-3;3*+3. The normalized spacial score (nSPS) is 39.6. The summed E-state index contributed by atoms with van der Waals surface area (Å²) in [6.07, 6.45) is 40.5. The van der Waals surface area contributed by atoms with E-state index in [4.69, 9.17) is 25.2 Å². The van der Waals surface area contributed by atoms with Crippen LogP contribution < -0.4 is 0 Å². The fraction of sp³-hybridized carbons (Fsp3) is 1.00. The SMILES string of the molecule is C1CCC(P23(C4CCCCC4)[O][Sb]([O]2)[O]3)CC1.C1CCC(P23(C4CCCCC4)[O][Sb]([O]2)[O]3)CC1.C1CCC(P23(C4CCCCC4)[O][Sb]([O]2)[O]3)CC1. The Bertz CT molecular complexity index is 1000. The Kier molecular flexibility index (Phi) is 11.2. The molecule has 6 saturated carbocycles. The third-order valence-electron chi connectivity index (χ3n) is 15.4. The first-order valence-electron chi connectivity index (χ1n) is 21.7. The average molecular weight is 1100 g/mol. The molecular formula is C36H66O9P3Sb3. The molecule has 0 spiro atoms. The summed E-state index contributed by atoms with van der Waals surface area (Å²) < 4.78 is 57.2. The molecule has 15 rings (SSSR count). The van der Waals surface area contributed by atoms with Crippen molar-refractivity contribution in [3.63, 3.8) is 0 Å². The molecule has 51 heavy (non-hydrogen) atoms. The van der Waals surface area contributed by atoms with E-state index in [-0.39, 0.29) is 0 Å². The molecule has 9 aliphatic heterocycles. The fourth-order valence-corrected chi connectivity index (χ4v) is 68.8. The van der Waals surface area contributed by atoms with Gasteiger partial charge in [0.05, 0.1) is 0 Å². The van der Waals surface area contributed by atoms with Crippen LogP contribution in [0.15, 0.2) is 0 Å². The van der Waals surface area contributed by atoms with Crippen molar-refractivity contribution in [3.8, 4) is 0 Å². The number of hydrogen-bond donors (Lipinski definition) is 0. The average Bonchev–Trinajstić information content (AvgIpc) is 3.09. The molecule has 0 aromatic rings. The van der Waals surface area contributed by atoms with E-state index in [0.29, 0.717) is 34.0 Å². The number of hydrogen-bond acceptors (Lipinski definition) is 9. The molecule has 0 atom stereocenters. The van der Waals surface area contributed by atoms with Crippen LogP contribution in [0.5, 0.6) is 0 Å². The minimum absolute atomic E-state index is 0.660. The monoisotopic (exact) mass is 1100 g/mol. The van der Waals surface area contributed by atoms with Crippen molar-refractivity contribution in [1.29, 1.82) is 0 Å². The predicted octanol–water partition coefficient (Wildman–Crippen LogP) is 12.0. The quantitative estimate of drug-likeness (QED) is 0.191. The van der Waals surface area contributed by atoms with Crippen LogP contribution in [-0.2, 0) is 25.2 Å². The van der Waals surface area contributed by atoms with Gasteiger partial charge in [-0.2, -0.15) is 0 Å². The molecule has 9 saturated heterocycles. The van der Waals surface area contributed by atoms with E-state index in [2.05, 4.69) is 0 Å². The zero-order chi connectivity index (χ0) is 34.1. The van der Waals surface area contributed by atoms with Crippen molar-refractivity contribution in [2.45, 2.75) is 227 Å². The van der Waals surface area contributed by atoms with Gasteiger partial charge in [-0.05, 0) is 0 Å². The minimum atomic E-state index is -2.50. The van der Waals surface area contributed by atoms with Crippen molar-refractivity contribution in [3.05, 3.63) is 0 Å². The van der Waals surface area contributed by atoms with Crippen molar-refractivity contribution < 1.29 is 25.2 Å². The summed E-state index contributed by atoms with van der Waals surface area (Å²) in [6.45, 7) is 0. The zero-order valence-corrected chi connectivity index (χ0v) is 41.4. The van der Waals surface area contributed by atoms with E-state index in [1.165, 1.54) is 193 Å². The second-order valence-corrected chi connectivity index (χ2v) is 46.5. The van der Waals surface area contributed by atoms with Gasteiger partial charge in [-0.3, -0.25) is 0 Å². The molecule has 0 unspecified atom stereocenters. The third-order valence-corrected chi connectivity index (χ3v) is 65.6. The van der Waals surface area contributed by atoms with Gasteiger partial charge in [-0.1, -0.05) is 0 Å². The molecule has 9 nitrogen and oxygen atoms in total. The van der Waals surface area contributed by atoms with Crippen LogP contribution in [0, 0.1) is 0 Å². The van der Waals surface area contributed by atoms with E-state index in [9.17, 15) is 0 Å². The van der Waals surface area contributed by atoms with Crippen LogP contribution in [-0.4, -0.2) is 98.4 Å². The van der Waals surface area contributed by atoms with Crippen molar-refractivity contribution >= 4 is 86.3 Å². The predicted molar refractivity (Wildman–Crippen MR) is 209 cm³/mol. The first-order chi connectivity index (χ1) is 25.0. The van der Waals surface area contributed by atoms with Crippen LogP contribution in [0.1, 0.15) is 193 Å². The summed E-state index contributed by atoms with van der Waals surface area (Å²) in [4.78, 5) is 0. The molecule has 15 heteroatoms. The number of rotatable bonds is 6. The van der Waals surface area contributed by atoms with E-state index in [0.717, 1.165) is 0 Å². The van der Waals surface area contributed by atoms with Gasteiger partial charge in [0.1, 0.15) is 0 Å². The van der Waals surface area contributed by atoms with Gasteiger partial charge < -0.3 is 0 Å². The maximum atomic E-state index is 6.35. The second-order valence-electron chi connectivity index (χ2n) is 18.2. The first-order valence-corrected chi connectivity index (χ1v) is 37.5. The Balaban J connectivity index is 0.0000000963. The summed E-state index contributed by atoms with van der Waals surface area (Å²) in [6, 6.07) is 0. The summed E-state index contributed by atoms with van der Waals surface area (Å²) >= 11 is -5.86. The zero-order valence-electron chi connectivity index (χ0n) is 31.0. The molecule has 0 aromatic carbocycles.